The van der Waals surface area contributed by atoms with Gasteiger partial charge in [-0.2, -0.15) is 4.73 Å². The molecule has 4 aromatic rings. The third kappa shape index (κ3) is 8.03. The van der Waals surface area contributed by atoms with E-state index in [1.165, 1.54) is 49.7 Å². The molecule has 0 radical (unpaired) electrons. The maximum Gasteiger partial charge on any atom is 0.415 e. The molecule has 2 bridgehead atoms. The van der Waals surface area contributed by atoms with Crippen LogP contribution in [0.1, 0.15) is 46.0 Å². The van der Waals surface area contributed by atoms with Crippen LogP contribution in [-0.4, -0.2) is 67.1 Å². The Kier molecular flexibility index (Phi) is 10.9. The molecule has 3 aliphatic rings. The minimum absolute atomic E-state index is 0.0226. The quantitative estimate of drug-likeness (QED) is 0.0764. The highest BCUT2D eigenvalue weighted by Crippen LogP contribution is 2.38. The fourth-order valence-corrected chi connectivity index (χ4v) is 7.14. The van der Waals surface area contributed by atoms with Crippen LogP contribution < -0.4 is 19.1 Å². The van der Waals surface area contributed by atoms with Crippen molar-refractivity contribution in [3.8, 4) is 23.0 Å². The molecule has 3 aliphatic heterocycles. The molecule has 3 aromatic carbocycles. The van der Waals surface area contributed by atoms with Crippen LogP contribution >= 0.6 is 23.2 Å². The van der Waals surface area contributed by atoms with Crippen LogP contribution in [0.3, 0.4) is 0 Å². The van der Waals surface area contributed by atoms with Crippen LogP contribution in [0.2, 0.25) is 10.0 Å². The van der Waals surface area contributed by atoms with E-state index in [0.29, 0.717) is 39.5 Å². The molecule has 1 aromatic heterocycles. The van der Waals surface area contributed by atoms with E-state index in [2.05, 4.69) is 4.90 Å². The predicted octanol–water partition coefficient (Wildman–Crippen LogP) is 6.43. The van der Waals surface area contributed by atoms with Gasteiger partial charge in [-0.25, -0.2) is 9.59 Å². The molecule has 4 heterocycles. The summed E-state index contributed by atoms with van der Waals surface area (Å²) in [5, 5.41) is 33.0. The second-order valence-corrected chi connectivity index (χ2v) is 13.3. The number of hydrogen-bond acceptors (Lipinski definition) is 10. The molecular formula is C37H37Cl2N3O9. The van der Waals surface area contributed by atoms with Crippen molar-refractivity contribution in [2.45, 2.75) is 38.0 Å². The number of carbonyl (C=O) groups excluding carboxylic acids is 2. The first-order chi connectivity index (χ1) is 24.5. The number of piperidine rings is 3. The molecule has 1 unspecified atom stereocenters. The second-order valence-electron chi connectivity index (χ2n) is 12.5. The smallest absolute Gasteiger partial charge is 0.415 e. The molecule has 3 saturated heterocycles. The summed E-state index contributed by atoms with van der Waals surface area (Å²) in [6.07, 6.45) is 2.44. The Morgan fingerprint density at radius 1 is 0.980 bits per heavy atom. The number of halogens is 2. The third-order valence-corrected chi connectivity index (χ3v) is 10.0. The lowest BCUT2D eigenvalue weighted by Gasteiger charge is -2.44. The van der Waals surface area contributed by atoms with E-state index in [-0.39, 0.29) is 52.0 Å². The third-order valence-electron chi connectivity index (χ3n) is 9.36. The fraction of sp³-hybridized carbons (Fsp3) is 0.324. The van der Waals surface area contributed by atoms with Crippen LogP contribution in [0.5, 0.6) is 23.0 Å². The Morgan fingerprint density at radius 2 is 1.67 bits per heavy atom. The number of carbonyl (C=O) groups is 2. The SMILES string of the molecule is COc1ccc(C(Cc2c(Cl)c[n+]([O-])cc2Cl)OC(=O)c2ccc(CN(C(=O)O[C@H]3CN4CCC3CC4)c3cccc(O)c3O)cc2)cc1OC. The van der Waals surface area contributed by atoms with Gasteiger partial charge in [0.05, 0.1) is 32.0 Å². The van der Waals surface area contributed by atoms with Crippen LogP contribution in [0, 0.1) is 11.1 Å². The molecule has 0 spiro atoms. The lowest BCUT2D eigenvalue weighted by molar-refractivity contribution is -0.605. The van der Waals surface area contributed by atoms with Gasteiger partial charge in [0.25, 0.3) is 0 Å². The number of pyridine rings is 1. The van der Waals surface area contributed by atoms with Gasteiger partial charge in [0, 0.05) is 18.5 Å². The van der Waals surface area contributed by atoms with Crippen molar-refractivity contribution in [3.63, 3.8) is 0 Å². The largest absolute Gasteiger partial charge is 0.619 e. The summed E-state index contributed by atoms with van der Waals surface area (Å²) >= 11 is 12.8. The van der Waals surface area contributed by atoms with Gasteiger partial charge in [-0.15, -0.1) is 0 Å². The zero-order valence-corrected chi connectivity index (χ0v) is 29.5. The first-order valence-corrected chi connectivity index (χ1v) is 17.1. The summed E-state index contributed by atoms with van der Waals surface area (Å²) < 4.78 is 23.3. The van der Waals surface area contributed by atoms with Crippen molar-refractivity contribution in [1.29, 1.82) is 0 Å². The van der Waals surface area contributed by atoms with Gasteiger partial charge in [0.2, 0.25) is 0 Å². The zero-order chi connectivity index (χ0) is 36.2. The summed E-state index contributed by atoms with van der Waals surface area (Å²) in [5.41, 5.74) is 1.89. The number of phenols is 2. The van der Waals surface area contributed by atoms with E-state index in [1.54, 1.807) is 42.5 Å². The number of phenolic OH excluding ortho intramolecular Hbond substituents is 2. The highest BCUT2D eigenvalue weighted by molar-refractivity contribution is 6.35. The van der Waals surface area contributed by atoms with E-state index in [1.807, 2.05) is 0 Å². The lowest BCUT2D eigenvalue weighted by Crippen LogP contribution is -2.53. The number of ether oxygens (including phenoxy) is 4. The highest BCUT2D eigenvalue weighted by atomic mass is 35.5. The Hall–Kier alpha value is -4.91. The average molecular weight is 739 g/mol. The molecule has 3 fully saturated rings. The number of aromatic nitrogens is 1. The van der Waals surface area contributed by atoms with E-state index >= 15 is 0 Å². The van der Waals surface area contributed by atoms with Crippen molar-refractivity contribution in [3.05, 3.63) is 111 Å². The number of benzene rings is 3. The predicted molar refractivity (Wildman–Crippen MR) is 189 cm³/mol. The Bertz CT molecular complexity index is 1880. The van der Waals surface area contributed by atoms with Crippen molar-refractivity contribution in [1.82, 2.24) is 4.90 Å². The Balaban J connectivity index is 1.23. The fourth-order valence-electron chi connectivity index (χ4n) is 6.54. The van der Waals surface area contributed by atoms with Gasteiger partial charge >= 0.3 is 12.1 Å². The number of hydrogen-bond donors (Lipinski definition) is 2. The molecule has 14 heteroatoms. The molecule has 0 saturated carbocycles. The second kappa shape index (κ2) is 15.5. The molecule has 268 valence electrons. The zero-order valence-electron chi connectivity index (χ0n) is 28.0. The van der Waals surface area contributed by atoms with Gasteiger partial charge in [-0.1, -0.05) is 47.5 Å². The topological polar surface area (TPSA) is 145 Å². The van der Waals surface area contributed by atoms with Crippen LogP contribution in [-0.2, 0) is 22.4 Å². The standard InChI is InChI=1S/C37H37Cl2N3O9/c1-48-31-11-10-25(16-33(31)49-2)32(17-26-27(38)19-41(47)20-28(26)39)50-36(45)24-8-6-22(7-9-24)18-42(29-4-3-5-30(43)35(29)44)37(46)51-34-21-40-14-12-23(34)13-15-40/h3-11,16,19-20,23,32,34,43-44H,12-15,17-18,21H2,1-2H3/t32?,34-/m0/s1. The number of para-hydroxylation sites is 1. The Morgan fingerprint density at radius 3 is 2.29 bits per heavy atom. The molecule has 7 rings (SSSR count). The average Bonchev–Trinajstić information content (AvgIpc) is 3.13. The van der Waals surface area contributed by atoms with E-state index in [9.17, 15) is 25.0 Å². The summed E-state index contributed by atoms with van der Waals surface area (Å²) in [7, 11) is 3.00. The number of rotatable bonds is 11. The number of amides is 1. The first kappa shape index (κ1) is 35.9. The van der Waals surface area contributed by atoms with E-state index < -0.39 is 23.9 Å². The maximum absolute atomic E-state index is 13.7. The molecular weight excluding hydrogens is 701 g/mol. The van der Waals surface area contributed by atoms with Gasteiger partial charge in [0.15, 0.2) is 35.4 Å². The summed E-state index contributed by atoms with van der Waals surface area (Å²) in [6, 6.07) is 15.9. The summed E-state index contributed by atoms with van der Waals surface area (Å²) in [6.45, 7) is 2.59. The van der Waals surface area contributed by atoms with Crippen molar-refractivity contribution < 1.29 is 43.5 Å². The molecule has 2 atom stereocenters. The molecule has 51 heavy (non-hydrogen) atoms. The van der Waals surface area contributed by atoms with Crippen LogP contribution in [0.25, 0.3) is 0 Å². The maximum atomic E-state index is 13.7. The van der Waals surface area contributed by atoms with Crippen LogP contribution in [0.15, 0.2) is 73.1 Å². The van der Waals surface area contributed by atoms with Crippen molar-refractivity contribution >= 4 is 41.0 Å². The Labute approximate surface area is 304 Å². The summed E-state index contributed by atoms with van der Waals surface area (Å²) in [4.78, 5) is 30.8. The van der Waals surface area contributed by atoms with Gasteiger partial charge in [-0.05, 0) is 79.4 Å². The number of esters is 1. The normalized spacial score (nSPS) is 18.5. The minimum Gasteiger partial charge on any atom is -0.619 e. The number of aromatic hydroxyl groups is 2. The van der Waals surface area contributed by atoms with E-state index in [4.69, 9.17) is 42.1 Å². The van der Waals surface area contributed by atoms with Crippen molar-refractivity contribution in [2.24, 2.45) is 5.92 Å². The molecule has 2 N–H and O–H groups in total. The highest BCUT2D eigenvalue weighted by Gasteiger charge is 2.38. The molecule has 1 amide bonds. The number of fused-ring (bicyclic) bond motifs is 3. The van der Waals surface area contributed by atoms with Gasteiger partial charge in [-0.3, -0.25) is 9.80 Å². The van der Waals surface area contributed by atoms with Gasteiger partial charge < -0.3 is 34.4 Å². The molecule has 12 nitrogen and oxygen atoms in total. The minimum atomic E-state index is -0.903. The monoisotopic (exact) mass is 737 g/mol. The number of nitrogens with zero attached hydrogens (tertiary/aromatic N) is 3. The lowest BCUT2D eigenvalue weighted by atomic mass is 9.86. The summed E-state index contributed by atoms with van der Waals surface area (Å²) in [5.74, 6) is -0.325. The number of anilines is 1. The number of methoxy groups -OCH3 is 2. The van der Waals surface area contributed by atoms with Crippen molar-refractivity contribution in [2.75, 3.05) is 38.8 Å². The van der Waals surface area contributed by atoms with E-state index in [0.717, 1.165) is 25.9 Å². The first-order valence-electron chi connectivity index (χ1n) is 16.3. The van der Waals surface area contributed by atoms with Gasteiger partial charge in [0.1, 0.15) is 22.3 Å². The van der Waals surface area contributed by atoms with Crippen LogP contribution in [0.4, 0.5) is 10.5 Å². The molecule has 0 aliphatic carbocycles.